The summed E-state index contributed by atoms with van der Waals surface area (Å²) in [5.74, 6) is -0.874. The summed E-state index contributed by atoms with van der Waals surface area (Å²) in [5, 5.41) is 0. The highest BCUT2D eigenvalue weighted by molar-refractivity contribution is 7.45. The van der Waals surface area contributed by atoms with Crippen LogP contribution in [0.3, 0.4) is 0 Å². The lowest BCUT2D eigenvalue weighted by Gasteiger charge is -2.28. The Morgan fingerprint density at radius 1 is 0.408 bits per heavy atom. The molecule has 0 aliphatic rings. The number of rotatable bonds is 54. The predicted molar refractivity (Wildman–Crippen MR) is 323 cm³/mol. The third-order valence-electron chi connectivity index (χ3n) is 12.5. The lowest BCUT2D eigenvalue weighted by Crippen LogP contribution is -2.37. The molecule has 9 nitrogen and oxygen atoms in total. The third kappa shape index (κ3) is 59.7. The van der Waals surface area contributed by atoms with Gasteiger partial charge < -0.3 is 27.9 Å². The number of unbranched alkanes of at least 4 members (excludes halogenated alkanes) is 20. The maximum atomic E-state index is 12.8. The smallest absolute Gasteiger partial charge is 0.306 e. The van der Waals surface area contributed by atoms with Gasteiger partial charge in [-0.1, -0.05) is 238 Å². The van der Waals surface area contributed by atoms with Crippen molar-refractivity contribution >= 4 is 19.8 Å². The van der Waals surface area contributed by atoms with Crippen LogP contribution < -0.4 is 4.89 Å². The molecule has 0 aromatic rings. The van der Waals surface area contributed by atoms with E-state index in [0.29, 0.717) is 23.9 Å². The summed E-state index contributed by atoms with van der Waals surface area (Å²) >= 11 is 0. The Morgan fingerprint density at radius 2 is 0.711 bits per heavy atom. The fourth-order valence-electron chi connectivity index (χ4n) is 7.89. The molecule has 0 aromatic heterocycles. The van der Waals surface area contributed by atoms with E-state index in [9.17, 15) is 19.0 Å². The molecule has 0 spiro atoms. The minimum Gasteiger partial charge on any atom is -0.756 e. The van der Waals surface area contributed by atoms with Crippen molar-refractivity contribution in [2.24, 2.45) is 0 Å². The summed E-state index contributed by atoms with van der Waals surface area (Å²) in [6, 6.07) is 0. The Balaban J connectivity index is 4.13. The first-order valence-corrected chi connectivity index (χ1v) is 31.7. The van der Waals surface area contributed by atoms with Crippen molar-refractivity contribution in [1.29, 1.82) is 0 Å². The van der Waals surface area contributed by atoms with Crippen molar-refractivity contribution in [1.82, 2.24) is 0 Å². The molecule has 0 N–H and O–H groups in total. The average Bonchev–Trinajstić information content (AvgIpc) is 3.38. The molecule has 0 saturated carbocycles. The topological polar surface area (TPSA) is 111 Å². The van der Waals surface area contributed by atoms with Gasteiger partial charge in [-0.05, 0) is 103 Å². The van der Waals surface area contributed by atoms with E-state index in [-0.39, 0.29) is 26.1 Å². The van der Waals surface area contributed by atoms with E-state index >= 15 is 0 Å². The lowest BCUT2D eigenvalue weighted by atomic mass is 10.0. The number of likely N-dealkylation sites (N-methyl/N-ethyl adjacent to an activating group) is 1. The summed E-state index contributed by atoms with van der Waals surface area (Å²) in [4.78, 5) is 37.9. The normalized spacial score (nSPS) is 14.1. The van der Waals surface area contributed by atoms with Crippen LogP contribution in [0.1, 0.15) is 232 Å². The number of hydrogen-bond donors (Lipinski definition) is 0. The Labute approximate surface area is 467 Å². The van der Waals surface area contributed by atoms with Gasteiger partial charge in [-0.15, -0.1) is 0 Å². The number of allylic oxidation sites excluding steroid dienone is 20. The van der Waals surface area contributed by atoms with Crippen LogP contribution >= 0.6 is 7.82 Å². The molecule has 434 valence electrons. The number of quaternary nitrogens is 1. The van der Waals surface area contributed by atoms with Crippen molar-refractivity contribution in [3.8, 4) is 0 Å². The maximum absolute atomic E-state index is 12.8. The molecule has 0 aliphatic carbocycles. The van der Waals surface area contributed by atoms with Crippen LogP contribution in [0.15, 0.2) is 122 Å². The minimum absolute atomic E-state index is 0.0416. The summed E-state index contributed by atoms with van der Waals surface area (Å²) < 4.78 is 34.1. The van der Waals surface area contributed by atoms with Gasteiger partial charge in [-0.25, -0.2) is 0 Å². The molecule has 2 unspecified atom stereocenters. The van der Waals surface area contributed by atoms with Gasteiger partial charge in [0.25, 0.3) is 7.82 Å². The van der Waals surface area contributed by atoms with Crippen molar-refractivity contribution in [2.75, 3.05) is 47.5 Å². The van der Waals surface area contributed by atoms with Crippen LogP contribution in [0.25, 0.3) is 0 Å². The van der Waals surface area contributed by atoms with E-state index in [2.05, 4.69) is 135 Å². The second-order valence-electron chi connectivity index (χ2n) is 20.9. The molecular formula is C66H112NO8P. The fraction of sp³-hybridized carbons (Fsp3) is 0.667. The van der Waals surface area contributed by atoms with E-state index in [0.717, 1.165) is 103 Å². The van der Waals surface area contributed by atoms with Gasteiger partial charge in [-0.3, -0.25) is 14.2 Å². The van der Waals surface area contributed by atoms with Gasteiger partial charge in [-0.2, -0.15) is 0 Å². The van der Waals surface area contributed by atoms with Gasteiger partial charge in [0.05, 0.1) is 27.7 Å². The van der Waals surface area contributed by atoms with Crippen LogP contribution in [-0.4, -0.2) is 70.0 Å². The van der Waals surface area contributed by atoms with Crippen LogP contribution in [0.2, 0.25) is 0 Å². The first-order valence-electron chi connectivity index (χ1n) is 30.2. The summed E-state index contributed by atoms with van der Waals surface area (Å²) in [5.41, 5.74) is 0. The zero-order chi connectivity index (χ0) is 55.6. The van der Waals surface area contributed by atoms with Gasteiger partial charge in [0.2, 0.25) is 0 Å². The van der Waals surface area contributed by atoms with Crippen molar-refractivity contribution < 1.29 is 42.1 Å². The number of nitrogens with zero attached hydrogens (tertiary/aromatic N) is 1. The minimum atomic E-state index is -4.65. The summed E-state index contributed by atoms with van der Waals surface area (Å²) in [6.07, 6.45) is 79.7. The standard InChI is InChI=1S/C66H112NO8P/c1-6-8-10-12-14-16-18-20-22-24-26-27-28-29-30-31-32-33-34-35-36-37-38-39-41-43-45-47-49-51-53-55-57-59-66(69)75-64(63-74-76(70,71)73-61-60-67(3,4)5)62-72-65(68)58-56-54-52-50-48-46-44-42-40-25-23-21-19-17-15-13-11-9-7-2/h8-11,14-17,20-23,26-27,29-30,40,42,46,48,64H,6-7,12-13,18-19,24-25,28,31-39,41,43-45,47,49-63H2,1-5H3/b10-8-,11-9-,16-14-,17-15-,22-20-,23-21-,27-26-,30-29-,42-40-,48-46-. The van der Waals surface area contributed by atoms with Crippen molar-refractivity contribution in [3.63, 3.8) is 0 Å². The Kier molecular flexibility index (Phi) is 53.5. The van der Waals surface area contributed by atoms with Gasteiger partial charge in [0, 0.05) is 12.8 Å². The second kappa shape index (κ2) is 56.1. The van der Waals surface area contributed by atoms with Crippen LogP contribution in [0.4, 0.5) is 0 Å². The Morgan fingerprint density at radius 3 is 1.07 bits per heavy atom. The molecule has 0 fully saturated rings. The van der Waals surface area contributed by atoms with E-state index in [1.807, 2.05) is 21.1 Å². The highest BCUT2D eigenvalue weighted by Crippen LogP contribution is 2.38. The third-order valence-corrected chi connectivity index (χ3v) is 13.4. The fourth-order valence-corrected chi connectivity index (χ4v) is 8.61. The van der Waals surface area contributed by atoms with Crippen LogP contribution in [-0.2, 0) is 32.7 Å². The van der Waals surface area contributed by atoms with E-state index in [1.165, 1.54) is 89.9 Å². The van der Waals surface area contributed by atoms with E-state index < -0.39 is 32.5 Å². The molecule has 76 heavy (non-hydrogen) atoms. The Hall–Kier alpha value is -3.59. The highest BCUT2D eigenvalue weighted by atomic mass is 31.2. The number of phosphoric acid groups is 1. The zero-order valence-corrected chi connectivity index (χ0v) is 50.0. The SMILES string of the molecule is CC/C=C\C/C=C\C/C=C\C/C=C\C/C=C\CCCCCCCCCCCCCCCCCCCC(=O)OC(COC(=O)CCCCC/C=C\C/C=C\C/C=C\C/C=C\C/C=C\CC)COP(=O)([O-])OCC[N+](C)(C)C. The van der Waals surface area contributed by atoms with Crippen LogP contribution in [0.5, 0.6) is 0 Å². The molecule has 2 atom stereocenters. The average molecular weight is 1080 g/mol. The number of carbonyl (C=O) groups is 2. The van der Waals surface area contributed by atoms with E-state index in [1.54, 1.807) is 0 Å². The monoisotopic (exact) mass is 1080 g/mol. The number of ether oxygens (including phenoxy) is 2. The first-order chi connectivity index (χ1) is 37.0. The highest BCUT2D eigenvalue weighted by Gasteiger charge is 2.21. The first kappa shape index (κ1) is 72.4. The number of phosphoric ester groups is 1. The zero-order valence-electron chi connectivity index (χ0n) is 49.2. The molecule has 0 aromatic carbocycles. The van der Waals surface area contributed by atoms with Gasteiger partial charge in [0.15, 0.2) is 6.10 Å². The van der Waals surface area contributed by atoms with Gasteiger partial charge in [0.1, 0.15) is 19.8 Å². The largest absolute Gasteiger partial charge is 0.756 e. The molecule has 0 aliphatic heterocycles. The molecule has 0 saturated heterocycles. The number of hydrogen-bond acceptors (Lipinski definition) is 8. The van der Waals surface area contributed by atoms with Crippen molar-refractivity contribution in [3.05, 3.63) is 122 Å². The molecule has 0 rings (SSSR count). The summed E-state index contributed by atoms with van der Waals surface area (Å²) in [7, 11) is 1.14. The molecule has 0 bridgehead atoms. The molecular weight excluding hydrogens is 966 g/mol. The quantitative estimate of drug-likeness (QED) is 0.0195. The number of carbonyl (C=O) groups excluding carboxylic acids is 2. The maximum Gasteiger partial charge on any atom is 0.306 e. The summed E-state index contributed by atoms with van der Waals surface area (Å²) in [6.45, 7) is 3.97. The molecule has 10 heteroatoms. The van der Waals surface area contributed by atoms with Crippen molar-refractivity contribution in [2.45, 2.75) is 238 Å². The molecule has 0 heterocycles. The van der Waals surface area contributed by atoms with Crippen LogP contribution in [0, 0.1) is 0 Å². The molecule has 0 radical (unpaired) electrons. The Bertz CT molecular complexity index is 1700. The van der Waals surface area contributed by atoms with Gasteiger partial charge >= 0.3 is 11.9 Å². The predicted octanol–water partition coefficient (Wildman–Crippen LogP) is 18.5. The molecule has 0 amide bonds. The van der Waals surface area contributed by atoms with E-state index in [4.69, 9.17) is 18.5 Å². The number of esters is 2. The second-order valence-corrected chi connectivity index (χ2v) is 22.4. The lowest BCUT2D eigenvalue weighted by molar-refractivity contribution is -0.870.